The van der Waals surface area contributed by atoms with E-state index in [9.17, 15) is 9.59 Å². The molecule has 0 aromatic carbocycles. The lowest BCUT2D eigenvalue weighted by Crippen LogP contribution is -2.37. The quantitative estimate of drug-likeness (QED) is 0.831. The Bertz CT molecular complexity index is 510. The van der Waals surface area contributed by atoms with Gasteiger partial charge in [-0.1, -0.05) is 11.6 Å². The maximum Gasteiger partial charge on any atom is 0.287 e. The van der Waals surface area contributed by atoms with Crippen LogP contribution in [0.4, 0.5) is 5.69 Å². The third kappa shape index (κ3) is 3.01. The Morgan fingerprint density at radius 2 is 2.22 bits per heavy atom. The molecule has 0 saturated heterocycles. The van der Waals surface area contributed by atoms with Gasteiger partial charge in [0.25, 0.3) is 5.56 Å². The molecular formula is C11H17ClN4O2. The molecule has 0 radical (unpaired) electrons. The highest BCUT2D eigenvalue weighted by molar-refractivity contribution is 6.32. The largest absolute Gasteiger partial charge is 0.381 e. The van der Waals surface area contributed by atoms with Crippen LogP contribution in [-0.2, 0) is 11.3 Å². The zero-order chi connectivity index (χ0) is 13.9. The molecule has 18 heavy (non-hydrogen) atoms. The van der Waals surface area contributed by atoms with Gasteiger partial charge >= 0.3 is 0 Å². The van der Waals surface area contributed by atoms with E-state index in [-0.39, 0.29) is 17.1 Å². The molecule has 0 aliphatic heterocycles. The van der Waals surface area contributed by atoms with Crippen LogP contribution in [0.1, 0.15) is 20.8 Å². The molecule has 0 saturated carbocycles. The van der Waals surface area contributed by atoms with E-state index < -0.39 is 11.3 Å². The van der Waals surface area contributed by atoms with Gasteiger partial charge in [0.05, 0.1) is 17.3 Å². The number of nitrogens with one attached hydrogen (secondary N) is 1. The van der Waals surface area contributed by atoms with Gasteiger partial charge in [0.2, 0.25) is 5.91 Å². The minimum atomic E-state index is -0.733. The number of halogens is 1. The molecule has 0 fully saturated rings. The molecule has 1 heterocycles. The van der Waals surface area contributed by atoms with Crippen LogP contribution in [-0.4, -0.2) is 22.2 Å². The van der Waals surface area contributed by atoms with Crippen molar-refractivity contribution in [1.82, 2.24) is 9.78 Å². The van der Waals surface area contributed by atoms with E-state index in [2.05, 4.69) is 10.4 Å². The molecule has 0 atom stereocenters. The molecule has 0 aliphatic rings. The number of hydrogen-bond acceptors (Lipinski definition) is 4. The highest BCUT2D eigenvalue weighted by Crippen LogP contribution is 2.19. The van der Waals surface area contributed by atoms with Gasteiger partial charge in [-0.3, -0.25) is 9.59 Å². The Morgan fingerprint density at radius 3 is 2.72 bits per heavy atom. The second-order valence-corrected chi connectivity index (χ2v) is 4.97. The zero-order valence-corrected chi connectivity index (χ0v) is 11.4. The van der Waals surface area contributed by atoms with Gasteiger partial charge in [-0.15, -0.1) is 0 Å². The first-order valence-corrected chi connectivity index (χ1v) is 5.96. The molecule has 1 aromatic heterocycles. The number of carbonyl (C=O) groups is 1. The summed E-state index contributed by atoms with van der Waals surface area (Å²) in [7, 11) is 0. The molecule has 0 spiro atoms. The molecular weight excluding hydrogens is 256 g/mol. The first-order valence-electron chi connectivity index (χ1n) is 5.59. The number of carbonyl (C=O) groups excluding carboxylic acids is 1. The first kappa shape index (κ1) is 14.5. The van der Waals surface area contributed by atoms with Crippen LogP contribution in [0.2, 0.25) is 5.02 Å². The lowest BCUT2D eigenvalue weighted by molar-refractivity contribution is -0.125. The van der Waals surface area contributed by atoms with Crippen molar-refractivity contribution in [3.8, 4) is 0 Å². The van der Waals surface area contributed by atoms with Crippen molar-refractivity contribution in [2.24, 2.45) is 11.1 Å². The second-order valence-electron chi connectivity index (χ2n) is 4.59. The SMILES string of the molecule is CCn1ncc(NCC(C)(C)C(N)=O)c(Cl)c1=O. The van der Waals surface area contributed by atoms with Crippen molar-refractivity contribution in [3.63, 3.8) is 0 Å². The number of aryl methyl sites for hydroxylation is 1. The van der Waals surface area contributed by atoms with E-state index in [0.29, 0.717) is 12.2 Å². The number of nitrogens with zero attached hydrogens (tertiary/aromatic N) is 2. The zero-order valence-electron chi connectivity index (χ0n) is 10.7. The van der Waals surface area contributed by atoms with Gasteiger partial charge in [0.1, 0.15) is 5.02 Å². The summed E-state index contributed by atoms with van der Waals surface area (Å²) < 4.78 is 1.26. The summed E-state index contributed by atoms with van der Waals surface area (Å²) in [6.07, 6.45) is 1.46. The number of nitrogens with two attached hydrogens (primary N) is 1. The fourth-order valence-corrected chi connectivity index (χ4v) is 1.43. The maximum atomic E-state index is 11.7. The molecule has 1 rings (SSSR count). The molecule has 3 N–H and O–H groups in total. The predicted octanol–water partition coefficient (Wildman–Crippen LogP) is 0.840. The topological polar surface area (TPSA) is 90.0 Å². The summed E-state index contributed by atoms with van der Waals surface area (Å²) in [5.41, 5.74) is 4.56. The maximum absolute atomic E-state index is 11.7. The van der Waals surface area contributed by atoms with E-state index in [1.807, 2.05) is 0 Å². The van der Waals surface area contributed by atoms with Gasteiger partial charge < -0.3 is 11.1 Å². The fourth-order valence-electron chi connectivity index (χ4n) is 1.22. The molecule has 0 bridgehead atoms. The highest BCUT2D eigenvalue weighted by Gasteiger charge is 2.25. The Morgan fingerprint density at radius 1 is 1.61 bits per heavy atom. The molecule has 1 amide bonds. The first-order chi connectivity index (χ1) is 8.29. The van der Waals surface area contributed by atoms with Gasteiger partial charge in [-0.25, -0.2) is 4.68 Å². The van der Waals surface area contributed by atoms with Crippen molar-refractivity contribution in [2.75, 3.05) is 11.9 Å². The summed E-state index contributed by atoms with van der Waals surface area (Å²) in [4.78, 5) is 22.9. The van der Waals surface area contributed by atoms with Crippen molar-refractivity contribution >= 4 is 23.2 Å². The average molecular weight is 273 g/mol. The summed E-state index contributed by atoms with van der Waals surface area (Å²) in [5.74, 6) is -0.430. The number of rotatable bonds is 5. The molecule has 1 aromatic rings. The number of primary amides is 1. The van der Waals surface area contributed by atoms with Gasteiger partial charge in [-0.2, -0.15) is 5.10 Å². The molecule has 6 nitrogen and oxygen atoms in total. The fraction of sp³-hybridized carbons (Fsp3) is 0.545. The number of hydrogen-bond donors (Lipinski definition) is 2. The lowest BCUT2D eigenvalue weighted by atomic mass is 9.93. The minimum absolute atomic E-state index is 0.0621. The Hall–Kier alpha value is -1.56. The van der Waals surface area contributed by atoms with Crippen molar-refractivity contribution in [3.05, 3.63) is 21.6 Å². The van der Waals surface area contributed by atoms with E-state index in [1.165, 1.54) is 10.9 Å². The van der Waals surface area contributed by atoms with Crippen molar-refractivity contribution in [1.29, 1.82) is 0 Å². The third-order valence-corrected chi connectivity index (χ3v) is 3.04. The van der Waals surface area contributed by atoms with E-state index >= 15 is 0 Å². The molecule has 0 unspecified atom stereocenters. The monoisotopic (exact) mass is 272 g/mol. The Kier molecular flexibility index (Phi) is 4.34. The number of anilines is 1. The van der Waals surface area contributed by atoms with Crippen LogP contribution in [0, 0.1) is 5.41 Å². The molecule has 100 valence electrons. The van der Waals surface area contributed by atoms with Crippen LogP contribution in [0.25, 0.3) is 0 Å². The lowest BCUT2D eigenvalue weighted by Gasteiger charge is -2.21. The van der Waals surface area contributed by atoms with Gasteiger partial charge in [-0.05, 0) is 20.8 Å². The van der Waals surface area contributed by atoms with E-state index in [0.717, 1.165) is 0 Å². The third-order valence-electron chi connectivity index (χ3n) is 2.67. The summed E-state index contributed by atoms with van der Waals surface area (Å²) in [5, 5.41) is 6.92. The summed E-state index contributed by atoms with van der Waals surface area (Å²) >= 11 is 5.93. The number of amides is 1. The smallest absolute Gasteiger partial charge is 0.287 e. The van der Waals surface area contributed by atoms with E-state index in [4.69, 9.17) is 17.3 Å². The molecule has 0 aliphatic carbocycles. The standard InChI is InChI=1S/C11H17ClN4O2/c1-4-16-9(17)8(12)7(5-15-16)14-6-11(2,3)10(13)18/h5,14H,4,6H2,1-3H3,(H2,13,18). The Balaban J connectivity index is 2.91. The van der Waals surface area contributed by atoms with Gasteiger partial charge in [0, 0.05) is 13.1 Å². The van der Waals surface area contributed by atoms with Gasteiger partial charge in [0.15, 0.2) is 0 Å². The van der Waals surface area contributed by atoms with Crippen LogP contribution >= 0.6 is 11.6 Å². The number of aromatic nitrogens is 2. The second kappa shape index (κ2) is 5.39. The molecule has 7 heteroatoms. The Labute approximate surface area is 110 Å². The predicted molar refractivity (Wildman–Crippen MR) is 70.6 cm³/mol. The van der Waals surface area contributed by atoms with Crippen molar-refractivity contribution < 1.29 is 4.79 Å². The van der Waals surface area contributed by atoms with Crippen LogP contribution in [0.5, 0.6) is 0 Å². The average Bonchev–Trinajstić information content (AvgIpc) is 2.31. The van der Waals surface area contributed by atoms with Crippen LogP contribution in [0.15, 0.2) is 11.0 Å². The van der Waals surface area contributed by atoms with Crippen LogP contribution in [0.3, 0.4) is 0 Å². The normalized spacial score (nSPS) is 11.3. The van der Waals surface area contributed by atoms with Crippen LogP contribution < -0.4 is 16.6 Å². The summed E-state index contributed by atoms with van der Waals surface area (Å²) in [6.45, 7) is 5.94. The highest BCUT2D eigenvalue weighted by atomic mass is 35.5. The minimum Gasteiger partial charge on any atom is -0.381 e. The van der Waals surface area contributed by atoms with E-state index in [1.54, 1.807) is 20.8 Å². The van der Waals surface area contributed by atoms with Crippen molar-refractivity contribution in [2.45, 2.75) is 27.3 Å². The summed E-state index contributed by atoms with van der Waals surface area (Å²) in [6, 6.07) is 0.